The number of carbonyl (C=O) groups excluding carboxylic acids is 1. The summed E-state index contributed by atoms with van der Waals surface area (Å²) in [7, 11) is 1.70. The Morgan fingerprint density at radius 1 is 1.23 bits per heavy atom. The lowest BCUT2D eigenvalue weighted by Crippen LogP contribution is -2.31. The molecule has 1 aliphatic heterocycles. The summed E-state index contributed by atoms with van der Waals surface area (Å²) < 4.78 is 5.45. The summed E-state index contributed by atoms with van der Waals surface area (Å²) in [6.45, 7) is 3.07. The molecule has 5 nitrogen and oxygen atoms in total. The van der Waals surface area contributed by atoms with E-state index in [-0.39, 0.29) is 18.3 Å². The van der Waals surface area contributed by atoms with Crippen molar-refractivity contribution in [3.63, 3.8) is 0 Å². The van der Waals surface area contributed by atoms with Gasteiger partial charge in [0.05, 0.1) is 12.8 Å². The third kappa shape index (κ3) is 4.68. The Hall–Kier alpha value is -2.24. The largest absolute Gasteiger partial charge is 0.495 e. The van der Waals surface area contributed by atoms with Crippen molar-refractivity contribution in [3.05, 3.63) is 59.7 Å². The Kier molecular flexibility index (Phi) is 7.30. The zero-order valence-electron chi connectivity index (χ0n) is 15.0. The Bertz CT molecular complexity index is 721. The number of rotatable bonds is 6. The molecule has 1 atom stereocenters. The molecular weight excluding hydrogens is 350 g/mol. The molecule has 0 radical (unpaired) electrons. The highest BCUT2D eigenvalue weighted by molar-refractivity contribution is 5.94. The molecule has 0 aromatic heterocycles. The molecule has 3 N–H and O–H groups in total. The predicted octanol–water partition coefficient (Wildman–Crippen LogP) is 2.83. The fourth-order valence-electron chi connectivity index (χ4n) is 3.24. The highest BCUT2D eigenvalue weighted by Crippen LogP contribution is 2.31. The first kappa shape index (κ1) is 20.1. The van der Waals surface area contributed by atoms with Crippen LogP contribution in [-0.4, -0.2) is 32.7 Å². The van der Waals surface area contributed by atoms with Crippen LogP contribution in [-0.2, 0) is 6.54 Å². The number of para-hydroxylation sites is 2. The van der Waals surface area contributed by atoms with E-state index in [2.05, 4.69) is 16.3 Å². The van der Waals surface area contributed by atoms with Gasteiger partial charge in [-0.15, -0.1) is 12.4 Å². The summed E-state index contributed by atoms with van der Waals surface area (Å²) in [5, 5.41) is 3.05. The van der Waals surface area contributed by atoms with E-state index in [9.17, 15) is 4.79 Å². The van der Waals surface area contributed by atoms with Crippen LogP contribution in [0, 0.1) is 5.92 Å². The van der Waals surface area contributed by atoms with Gasteiger partial charge in [-0.2, -0.15) is 0 Å². The molecule has 26 heavy (non-hydrogen) atoms. The van der Waals surface area contributed by atoms with Crippen molar-refractivity contribution in [2.24, 2.45) is 11.7 Å². The number of nitrogens with one attached hydrogen (secondary N) is 1. The molecular formula is C20H26ClN3O2. The first-order valence-corrected chi connectivity index (χ1v) is 8.66. The SMILES string of the molecule is COc1ccccc1N1CCC(CNC(=O)c2ccc(CN)cc2)C1.Cl. The number of methoxy groups -OCH3 is 1. The van der Waals surface area contributed by atoms with E-state index in [1.165, 1.54) is 0 Å². The van der Waals surface area contributed by atoms with Gasteiger partial charge < -0.3 is 20.7 Å². The minimum absolute atomic E-state index is 0. The van der Waals surface area contributed by atoms with Crippen molar-refractivity contribution in [1.82, 2.24) is 5.32 Å². The van der Waals surface area contributed by atoms with Gasteiger partial charge in [-0.1, -0.05) is 24.3 Å². The van der Waals surface area contributed by atoms with Gasteiger partial charge in [0.1, 0.15) is 5.75 Å². The molecule has 6 heteroatoms. The molecule has 140 valence electrons. The fourth-order valence-corrected chi connectivity index (χ4v) is 3.24. The van der Waals surface area contributed by atoms with Crippen LogP contribution in [0.25, 0.3) is 0 Å². The van der Waals surface area contributed by atoms with Gasteiger partial charge in [-0.05, 0) is 42.2 Å². The lowest BCUT2D eigenvalue weighted by Gasteiger charge is -2.21. The molecule has 3 rings (SSSR count). The molecule has 1 heterocycles. The van der Waals surface area contributed by atoms with E-state index in [1.807, 2.05) is 42.5 Å². The van der Waals surface area contributed by atoms with E-state index >= 15 is 0 Å². The predicted molar refractivity (Wildman–Crippen MR) is 107 cm³/mol. The smallest absolute Gasteiger partial charge is 0.251 e. The quantitative estimate of drug-likeness (QED) is 0.814. The van der Waals surface area contributed by atoms with Gasteiger partial charge in [-0.25, -0.2) is 0 Å². The number of nitrogens with two attached hydrogens (primary N) is 1. The number of benzene rings is 2. The monoisotopic (exact) mass is 375 g/mol. The Morgan fingerprint density at radius 2 is 1.96 bits per heavy atom. The van der Waals surface area contributed by atoms with Gasteiger partial charge in [0.25, 0.3) is 5.91 Å². The Labute approximate surface area is 160 Å². The van der Waals surface area contributed by atoms with E-state index in [1.54, 1.807) is 7.11 Å². The number of amides is 1. The second-order valence-electron chi connectivity index (χ2n) is 6.38. The van der Waals surface area contributed by atoms with Crippen molar-refractivity contribution in [3.8, 4) is 5.75 Å². The molecule has 0 saturated carbocycles. The fraction of sp³-hybridized carbons (Fsp3) is 0.350. The average molecular weight is 376 g/mol. The summed E-state index contributed by atoms with van der Waals surface area (Å²) in [4.78, 5) is 14.6. The molecule has 2 aromatic carbocycles. The zero-order chi connectivity index (χ0) is 17.6. The third-order valence-electron chi connectivity index (χ3n) is 4.71. The first-order valence-electron chi connectivity index (χ1n) is 8.66. The summed E-state index contributed by atoms with van der Waals surface area (Å²) in [6, 6.07) is 15.5. The molecule has 0 aliphatic carbocycles. The van der Waals surface area contributed by atoms with Gasteiger partial charge in [0.2, 0.25) is 0 Å². The van der Waals surface area contributed by atoms with Crippen LogP contribution < -0.4 is 20.7 Å². The summed E-state index contributed by atoms with van der Waals surface area (Å²) >= 11 is 0. The van der Waals surface area contributed by atoms with Gasteiger partial charge in [-0.3, -0.25) is 4.79 Å². The van der Waals surface area contributed by atoms with Crippen LogP contribution in [0.2, 0.25) is 0 Å². The molecule has 1 fully saturated rings. The minimum atomic E-state index is -0.0284. The topological polar surface area (TPSA) is 67.6 Å². The molecule has 1 unspecified atom stereocenters. The standard InChI is InChI=1S/C20H25N3O2.ClH/c1-25-19-5-3-2-4-18(19)23-11-10-16(14-23)13-22-20(24)17-8-6-15(12-21)7-9-17;/h2-9,16H,10-14,21H2,1H3,(H,22,24);1H. The van der Waals surface area contributed by atoms with Crippen molar-refractivity contribution in [1.29, 1.82) is 0 Å². The number of hydrogen-bond acceptors (Lipinski definition) is 4. The van der Waals surface area contributed by atoms with Crippen molar-refractivity contribution >= 4 is 24.0 Å². The molecule has 2 aromatic rings. The van der Waals surface area contributed by atoms with Crippen molar-refractivity contribution in [2.45, 2.75) is 13.0 Å². The number of halogens is 1. The van der Waals surface area contributed by atoms with Gasteiger partial charge in [0, 0.05) is 31.7 Å². The average Bonchev–Trinajstić information content (AvgIpc) is 3.15. The van der Waals surface area contributed by atoms with Crippen LogP contribution in [0.5, 0.6) is 5.75 Å². The number of anilines is 1. The van der Waals surface area contributed by atoms with Crippen molar-refractivity contribution < 1.29 is 9.53 Å². The number of ether oxygens (including phenoxy) is 1. The molecule has 1 amide bonds. The molecule has 1 saturated heterocycles. The summed E-state index contributed by atoms with van der Waals surface area (Å²) in [6.07, 6.45) is 1.06. The van der Waals surface area contributed by atoms with E-state index < -0.39 is 0 Å². The Balaban J connectivity index is 0.00000243. The lowest BCUT2D eigenvalue weighted by atomic mass is 10.1. The first-order chi connectivity index (χ1) is 12.2. The highest BCUT2D eigenvalue weighted by Gasteiger charge is 2.24. The van der Waals surface area contributed by atoms with Crippen LogP contribution >= 0.6 is 12.4 Å². The second kappa shape index (κ2) is 9.46. The lowest BCUT2D eigenvalue weighted by molar-refractivity contribution is 0.0948. The van der Waals surface area contributed by atoms with Crippen LogP contribution in [0.3, 0.4) is 0 Å². The van der Waals surface area contributed by atoms with Crippen LogP contribution in [0.15, 0.2) is 48.5 Å². The van der Waals surface area contributed by atoms with Crippen molar-refractivity contribution in [2.75, 3.05) is 31.6 Å². The van der Waals surface area contributed by atoms with Gasteiger partial charge >= 0.3 is 0 Å². The highest BCUT2D eigenvalue weighted by atomic mass is 35.5. The second-order valence-corrected chi connectivity index (χ2v) is 6.38. The molecule has 1 aliphatic rings. The maximum absolute atomic E-state index is 12.3. The maximum atomic E-state index is 12.3. The number of nitrogens with zero attached hydrogens (tertiary/aromatic N) is 1. The van der Waals surface area contributed by atoms with Crippen LogP contribution in [0.1, 0.15) is 22.3 Å². The van der Waals surface area contributed by atoms with Gasteiger partial charge in [0.15, 0.2) is 0 Å². The normalized spacial score (nSPS) is 16.1. The molecule has 0 bridgehead atoms. The minimum Gasteiger partial charge on any atom is -0.495 e. The van der Waals surface area contributed by atoms with Crippen LogP contribution in [0.4, 0.5) is 5.69 Å². The maximum Gasteiger partial charge on any atom is 0.251 e. The Morgan fingerprint density at radius 3 is 2.65 bits per heavy atom. The zero-order valence-corrected chi connectivity index (χ0v) is 15.8. The third-order valence-corrected chi connectivity index (χ3v) is 4.71. The number of hydrogen-bond donors (Lipinski definition) is 2. The summed E-state index contributed by atoms with van der Waals surface area (Å²) in [5.74, 6) is 1.31. The number of carbonyl (C=O) groups is 1. The van der Waals surface area contributed by atoms with E-state index in [4.69, 9.17) is 10.5 Å². The van der Waals surface area contributed by atoms with E-state index in [0.29, 0.717) is 24.6 Å². The van der Waals surface area contributed by atoms with E-state index in [0.717, 1.165) is 36.5 Å². The molecule has 0 spiro atoms. The summed E-state index contributed by atoms with van der Waals surface area (Å²) in [5.41, 5.74) is 8.41.